The summed E-state index contributed by atoms with van der Waals surface area (Å²) >= 11 is 0. The van der Waals surface area contributed by atoms with Gasteiger partial charge in [-0.3, -0.25) is 9.69 Å². The van der Waals surface area contributed by atoms with Gasteiger partial charge in [0.25, 0.3) is 0 Å². The Morgan fingerprint density at radius 2 is 1.91 bits per heavy atom. The summed E-state index contributed by atoms with van der Waals surface area (Å²) in [6.45, 7) is 5.22. The van der Waals surface area contributed by atoms with Crippen molar-refractivity contribution < 1.29 is 9.18 Å². The maximum Gasteiger partial charge on any atom is 0.220 e. The SMILES string of the molecule is CC(CNC(=O)CCCc1ccc(F)cc1)N1CCCCC1. The quantitative estimate of drug-likeness (QED) is 0.839. The maximum absolute atomic E-state index is 12.8. The van der Waals surface area contributed by atoms with E-state index in [1.807, 2.05) is 0 Å². The Bertz CT molecular complexity index is 455. The molecule has 1 fully saturated rings. The molecule has 0 aliphatic carbocycles. The molecule has 1 amide bonds. The highest BCUT2D eigenvalue weighted by molar-refractivity contribution is 5.75. The Morgan fingerprint density at radius 3 is 2.59 bits per heavy atom. The lowest BCUT2D eigenvalue weighted by molar-refractivity contribution is -0.121. The summed E-state index contributed by atoms with van der Waals surface area (Å²) in [5.74, 6) is -0.0980. The summed E-state index contributed by atoms with van der Waals surface area (Å²) < 4.78 is 12.8. The van der Waals surface area contributed by atoms with Gasteiger partial charge in [-0.15, -0.1) is 0 Å². The molecule has 1 aliphatic heterocycles. The first-order valence-electron chi connectivity index (χ1n) is 8.40. The van der Waals surface area contributed by atoms with Crippen LogP contribution >= 0.6 is 0 Å². The highest BCUT2D eigenvalue weighted by Gasteiger charge is 2.16. The molecule has 1 aromatic carbocycles. The van der Waals surface area contributed by atoms with Gasteiger partial charge in [0, 0.05) is 19.0 Å². The first kappa shape index (κ1) is 16.9. The first-order chi connectivity index (χ1) is 10.6. The fourth-order valence-corrected chi connectivity index (χ4v) is 2.94. The molecule has 4 heteroatoms. The fourth-order valence-electron chi connectivity index (χ4n) is 2.94. The number of carbonyl (C=O) groups excluding carboxylic acids is 1. The van der Waals surface area contributed by atoms with Gasteiger partial charge < -0.3 is 5.32 Å². The van der Waals surface area contributed by atoms with Crippen molar-refractivity contribution in [1.29, 1.82) is 0 Å². The van der Waals surface area contributed by atoms with E-state index in [1.165, 1.54) is 31.4 Å². The number of nitrogens with one attached hydrogen (secondary N) is 1. The van der Waals surface area contributed by atoms with Gasteiger partial charge in [0.05, 0.1) is 0 Å². The largest absolute Gasteiger partial charge is 0.355 e. The van der Waals surface area contributed by atoms with Crippen molar-refractivity contribution in [2.45, 2.75) is 51.5 Å². The molecule has 1 heterocycles. The summed E-state index contributed by atoms with van der Waals surface area (Å²) in [6.07, 6.45) is 6.03. The number of amides is 1. The van der Waals surface area contributed by atoms with Crippen LogP contribution in [0.3, 0.4) is 0 Å². The van der Waals surface area contributed by atoms with Crippen molar-refractivity contribution in [3.63, 3.8) is 0 Å². The van der Waals surface area contributed by atoms with Crippen molar-refractivity contribution in [1.82, 2.24) is 10.2 Å². The molecule has 1 N–H and O–H groups in total. The lowest BCUT2D eigenvalue weighted by Crippen LogP contribution is -2.44. The van der Waals surface area contributed by atoms with Gasteiger partial charge in [0.1, 0.15) is 5.82 Å². The highest BCUT2D eigenvalue weighted by atomic mass is 19.1. The molecular weight excluding hydrogens is 279 g/mol. The van der Waals surface area contributed by atoms with Crippen molar-refractivity contribution in [3.05, 3.63) is 35.6 Å². The number of aryl methyl sites for hydroxylation is 1. The smallest absolute Gasteiger partial charge is 0.220 e. The Morgan fingerprint density at radius 1 is 1.23 bits per heavy atom. The van der Waals surface area contributed by atoms with Crippen LogP contribution in [-0.2, 0) is 11.2 Å². The number of hydrogen-bond acceptors (Lipinski definition) is 2. The molecule has 0 spiro atoms. The van der Waals surface area contributed by atoms with Crippen LogP contribution in [0.2, 0.25) is 0 Å². The van der Waals surface area contributed by atoms with Crippen LogP contribution in [0.1, 0.15) is 44.6 Å². The molecule has 3 nitrogen and oxygen atoms in total. The summed E-state index contributed by atoms with van der Waals surface area (Å²) in [4.78, 5) is 14.3. The minimum Gasteiger partial charge on any atom is -0.355 e. The third kappa shape index (κ3) is 5.76. The Hall–Kier alpha value is -1.42. The number of piperidine rings is 1. The van der Waals surface area contributed by atoms with Gasteiger partial charge in [0.15, 0.2) is 0 Å². The molecule has 1 atom stereocenters. The predicted octanol–water partition coefficient (Wildman–Crippen LogP) is 3.14. The van der Waals surface area contributed by atoms with Crippen LogP contribution in [-0.4, -0.2) is 36.5 Å². The average Bonchev–Trinajstić information content (AvgIpc) is 2.55. The number of halogens is 1. The number of hydrogen-bond donors (Lipinski definition) is 1. The van der Waals surface area contributed by atoms with Gasteiger partial charge in [-0.25, -0.2) is 4.39 Å². The molecular formula is C18H27FN2O. The van der Waals surface area contributed by atoms with Crippen molar-refractivity contribution in [2.24, 2.45) is 0 Å². The maximum atomic E-state index is 12.8. The molecule has 22 heavy (non-hydrogen) atoms. The van der Waals surface area contributed by atoms with Crippen LogP contribution in [0.25, 0.3) is 0 Å². The second-order valence-corrected chi connectivity index (χ2v) is 6.23. The van der Waals surface area contributed by atoms with Gasteiger partial charge in [-0.1, -0.05) is 18.6 Å². The zero-order valence-electron chi connectivity index (χ0n) is 13.5. The molecule has 0 aromatic heterocycles. The van der Waals surface area contributed by atoms with E-state index in [9.17, 15) is 9.18 Å². The van der Waals surface area contributed by atoms with E-state index in [1.54, 1.807) is 12.1 Å². The molecule has 1 saturated heterocycles. The normalized spacial score (nSPS) is 17.2. The molecule has 1 aromatic rings. The lowest BCUT2D eigenvalue weighted by Gasteiger charge is -2.32. The Kier molecular flexibility index (Phi) is 6.84. The fraction of sp³-hybridized carbons (Fsp3) is 0.611. The van der Waals surface area contributed by atoms with Crippen molar-refractivity contribution in [3.8, 4) is 0 Å². The molecule has 0 radical (unpaired) electrons. The summed E-state index contributed by atoms with van der Waals surface area (Å²) in [7, 11) is 0. The Labute approximate surface area is 132 Å². The summed E-state index contributed by atoms with van der Waals surface area (Å²) in [5, 5.41) is 3.03. The van der Waals surface area contributed by atoms with Gasteiger partial charge >= 0.3 is 0 Å². The van der Waals surface area contributed by atoms with Crippen LogP contribution in [0, 0.1) is 5.82 Å². The molecule has 1 aliphatic rings. The molecule has 122 valence electrons. The summed E-state index contributed by atoms with van der Waals surface area (Å²) in [5.41, 5.74) is 1.08. The van der Waals surface area contributed by atoms with E-state index < -0.39 is 0 Å². The second kappa shape index (κ2) is 8.89. The minimum absolute atomic E-state index is 0.117. The van der Waals surface area contributed by atoms with Crippen molar-refractivity contribution in [2.75, 3.05) is 19.6 Å². The van der Waals surface area contributed by atoms with E-state index >= 15 is 0 Å². The van der Waals surface area contributed by atoms with Crippen molar-refractivity contribution >= 4 is 5.91 Å². The number of nitrogens with zero attached hydrogens (tertiary/aromatic N) is 1. The monoisotopic (exact) mass is 306 g/mol. The second-order valence-electron chi connectivity index (χ2n) is 6.23. The number of carbonyl (C=O) groups is 1. The van der Waals surface area contributed by atoms with Gasteiger partial charge in [0.2, 0.25) is 5.91 Å². The first-order valence-corrected chi connectivity index (χ1v) is 8.40. The van der Waals surface area contributed by atoms with Gasteiger partial charge in [-0.05, 0) is 63.4 Å². The Balaban J connectivity index is 1.60. The standard InChI is InChI=1S/C18H27FN2O/c1-15(21-12-3-2-4-13-21)14-20-18(22)7-5-6-16-8-10-17(19)11-9-16/h8-11,15H,2-7,12-14H2,1H3,(H,20,22). The number of likely N-dealkylation sites (tertiary alicyclic amines) is 1. The number of benzene rings is 1. The van der Waals surface area contributed by atoms with Crippen LogP contribution in [0.15, 0.2) is 24.3 Å². The third-order valence-electron chi connectivity index (χ3n) is 4.39. The van der Waals surface area contributed by atoms with Crippen LogP contribution in [0.4, 0.5) is 4.39 Å². The molecule has 2 rings (SSSR count). The van der Waals surface area contributed by atoms with Gasteiger partial charge in [-0.2, -0.15) is 0 Å². The van der Waals surface area contributed by atoms with E-state index in [-0.39, 0.29) is 11.7 Å². The molecule has 0 bridgehead atoms. The third-order valence-corrected chi connectivity index (χ3v) is 4.39. The molecule has 0 saturated carbocycles. The minimum atomic E-state index is -0.215. The van der Waals surface area contributed by atoms with E-state index in [4.69, 9.17) is 0 Å². The van der Waals surface area contributed by atoms with E-state index in [0.717, 1.165) is 38.0 Å². The summed E-state index contributed by atoms with van der Waals surface area (Å²) in [6, 6.07) is 6.92. The topological polar surface area (TPSA) is 32.3 Å². The van der Waals surface area contributed by atoms with E-state index in [2.05, 4.69) is 17.1 Å². The molecule has 1 unspecified atom stereocenters. The van der Waals surface area contributed by atoms with Crippen LogP contribution < -0.4 is 5.32 Å². The average molecular weight is 306 g/mol. The van der Waals surface area contributed by atoms with E-state index in [0.29, 0.717) is 12.5 Å². The van der Waals surface area contributed by atoms with Crippen LogP contribution in [0.5, 0.6) is 0 Å². The number of rotatable bonds is 7. The zero-order chi connectivity index (χ0) is 15.8. The highest BCUT2D eigenvalue weighted by Crippen LogP contribution is 2.11. The predicted molar refractivity (Wildman–Crippen MR) is 87.2 cm³/mol. The lowest BCUT2D eigenvalue weighted by atomic mass is 10.1. The zero-order valence-corrected chi connectivity index (χ0v) is 13.5.